The molecule has 1 radical (unpaired) electrons. The largest absolute Gasteiger partial charge is 0.294 e. The summed E-state index contributed by atoms with van der Waals surface area (Å²) in [6.45, 7) is 0. The van der Waals surface area contributed by atoms with Gasteiger partial charge in [0.05, 0.1) is 6.42 Å². The van der Waals surface area contributed by atoms with E-state index in [0.29, 0.717) is 5.56 Å². The first-order valence-electron chi connectivity index (χ1n) is 3.73. The van der Waals surface area contributed by atoms with Crippen molar-refractivity contribution in [2.24, 2.45) is 5.84 Å². The van der Waals surface area contributed by atoms with Crippen LogP contribution in [0.3, 0.4) is 0 Å². The summed E-state index contributed by atoms with van der Waals surface area (Å²) in [6.07, 6.45) is 1.96. The first-order valence-corrected chi connectivity index (χ1v) is 3.73. The molecule has 0 unspecified atom stereocenters. The van der Waals surface area contributed by atoms with Gasteiger partial charge >= 0.3 is 0 Å². The summed E-state index contributed by atoms with van der Waals surface area (Å²) >= 11 is 0. The number of carbonyl (C=O) groups is 1. The van der Waals surface area contributed by atoms with Crippen LogP contribution in [0.1, 0.15) is 11.1 Å². The van der Waals surface area contributed by atoms with Gasteiger partial charge in [-0.2, -0.15) is 0 Å². The number of nitrogens with two attached hydrogens (primary N) is 1. The number of hydrogen-bond donors (Lipinski definition) is 2. The van der Waals surface area contributed by atoms with E-state index in [1.54, 1.807) is 30.6 Å². The van der Waals surface area contributed by atoms with Gasteiger partial charge in [0.1, 0.15) is 0 Å². The quantitative estimate of drug-likeness (QED) is 0.377. The van der Waals surface area contributed by atoms with Crippen molar-refractivity contribution in [1.82, 2.24) is 5.43 Å². The topological polar surface area (TPSA) is 72.2 Å². The van der Waals surface area contributed by atoms with Gasteiger partial charge in [-0.25, -0.2) is 5.84 Å². The van der Waals surface area contributed by atoms with E-state index in [1.165, 1.54) is 0 Å². The van der Waals surface area contributed by atoms with E-state index >= 15 is 0 Å². The second kappa shape index (κ2) is 4.37. The lowest BCUT2D eigenvalue weighted by atomic mass is 10.1. The lowest BCUT2D eigenvalue weighted by Crippen LogP contribution is -2.31. The number of benzene rings is 1. The van der Waals surface area contributed by atoms with Crippen LogP contribution >= 0.6 is 0 Å². The van der Waals surface area contributed by atoms with Crippen molar-refractivity contribution >= 4 is 12.2 Å². The fraction of sp³-hybridized carbons (Fsp3) is 0.111. The summed E-state index contributed by atoms with van der Waals surface area (Å²) in [6, 6.07) is 6.59. The summed E-state index contributed by atoms with van der Waals surface area (Å²) < 4.78 is 0. The zero-order valence-electron chi connectivity index (χ0n) is 6.91. The SMILES string of the molecule is NNC(=O)Cc1ccc([C]=O)cc1. The molecule has 0 saturated carbocycles. The predicted octanol–water partition coefficient (Wildman–Crippen LogP) is -0.323. The van der Waals surface area contributed by atoms with E-state index in [9.17, 15) is 9.59 Å². The molecule has 1 rings (SSSR count). The number of carbonyl (C=O) groups excluding carboxylic acids is 2. The lowest BCUT2D eigenvalue weighted by Gasteiger charge is -1.99. The standard InChI is InChI=1S/C9H9N2O2/c10-11-9(13)5-7-1-3-8(6-12)4-2-7/h1-4H,5,10H2,(H,11,13). The molecule has 67 valence electrons. The monoisotopic (exact) mass is 177 g/mol. The van der Waals surface area contributed by atoms with Crippen LogP contribution in [0.15, 0.2) is 24.3 Å². The zero-order valence-corrected chi connectivity index (χ0v) is 6.91. The highest BCUT2D eigenvalue weighted by atomic mass is 16.2. The average Bonchev–Trinajstić information content (AvgIpc) is 2.19. The number of nitrogens with one attached hydrogen (secondary N) is 1. The molecule has 0 bridgehead atoms. The van der Waals surface area contributed by atoms with Crippen molar-refractivity contribution in [2.75, 3.05) is 0 Å². The van der Waals surface area contributed by atoms with Gasteiger partial charge < -0.3 is 0 Å². The lowest BCUT2D eigenvalue weighted by molar-refractivity contribution is -0.120. The van der Waals surface area contributed by atoms with Gasteiger partial charge in [-0.05, 0) is 5.56 Å². The van der Waals surface area contributed by atoms with Gasteiger partial charge in [0, 0.05) is 5.56 Å². The summed E-state index contributed by atoms with van der Waals surface area (Å²) in [7, 11) is 0. The van der Waals surface area contributed by atoms with Gasteiger partial charge in [-0.15, -0.1) is 0 Å². The van der Waals surface area contributed by atoms with E-state index in [1.807, 2.05) is 5.43 Å². The molecule has 0 aliphatic heterocycles. The minimum atomic E-state index is -0.261. The fourth-order valence-corrected chi connectivity index (χ4v) is 0.927. The van der Waals surface area contributed by atoms with Crippen LogP contribution in [0.4, 0.5) is 0 Å². The zero-order chi connectivity index (χ0) is 9.68. The molecule has 0 saturated heterocycles. The summed E-state index contributed by atoms with van der Waals surface area (Å²) in [5.41, 5.74) is 3.30. The average molecular weight is 177 g/mol. The highest BCUT2D eigenvalue weighted by molar-refractivity contribution is 5.79. The van der Waals surface area contributed by atoms with Gasteiger partial charge in [0.15, 0.2) is 0 Å². The molecule has 1 aromatic rings. The molecular formula is C9H9N2O2. The normalized spacial score (nSPS) is 9.31. The molecular weight excluding hydrogens is 168 g/mol. The molecule has 1 aromatic carbocycles. The van der Waals surface area contributed by atoms with Crippen LogP contribution in [0, 0.1) is 0 Å². The minimum Gasteiger partial charge on any atom is -0.294 e. The van der Waals surface area contributed by atoms with Gasteiger partial charge in [0.25, 0.3) is 0 Å². The Kier molecular flexibility index (Phi) is 3.16. The Bertz CT molecular complexity index is 306. The maximum atomic E-state index is 10.8. The highest BCUT2D eigenvalue weighted by Crippen LogP contribution is 2.02. The molecule has 1 amide bonds. The van der Waals surface area contributed by atoms with Crippen LogP contribution in [0.2, 0.25) is 0 Å². The molecule has 3 N–H and O–H groups in total. The van der Waals surface area contributed by atoms with Crippen LogP contribution < -0.4 is 11.3 Å². The summed E-state index contributed by atoms with van der Waals surface area (Å²) in [5, 5.41) is 0. The first-order chi connectivity index (χ1) is 6.26. The van der Waals surface area contributed by atoms with E-state index in [2.05, 4.69) is 0 Å². The van der Waals surface area contributed by atoms with Gasteiger partial charge in [-0.3, -0.25) is 15.0 Å². The van der Waals surface area contributed by atoms with Crippen LogP contribution in [-0.2, 0) is 16.0 Å². The Labute approximate surface area is 75.7 Å². The minimum absolute atomic E-state index is 0.218. The second-order valence-electron chi connectivity index (χ2n) is 2.54. The van der Waals surface area contributed by atoms with Crippen LogP contribution in [-0.4, -0.2) is 12.2 Å². The van der Waals surface area contributed by atoms with Crippen molar-refractivity contribution in [2.45, 2.75) is 6.42 Å². The maximum Gasteiger partial charge on any atom is 0.238 e. The molecule has 0 heterocycles. The van der Waals surface area contributed by atoms with Gasteiger partial charge in [0.2, 0.25) is 12.2 Å². The molecule has 0 atom stereocenters. The Hall–Kier alpha value is -1.68. The Morgan fingerprint density at radius 3 is 2.46 bits per heavy atom. The van der Waals surface area contributed by atoms with Crippen molar-refractivity contribution in [1.29, 1.82) is 0 Å². The third-order valence-corrected chi connectivity index (χ3v) is 1.60. The number of amides is 1. The van der Waals surface area contributed by atoms with Crippen LogP contribution in [0.25, 0.3) is 0 Å². The molecule has 13 heavy (non-hydrogen) atoms. The molecule has 0 aromatic heterocycles. The van der Waals surface area contributed by atoms with Crippen molar-refractivity contribution in [3.8, 4) is 0 Å². The summed E-state index contributed by atoms with van der Waals surface area (Å²) in [5.74, 6) is 4.65. The number of rotatable bonds is 3. The van der Waals surface area contributed by atoms with Crippen molar-refractivity contribution in [3.05, 3.63) is 35.4 Å². The highest BCUT2D eigenvalue weighted by Gasteiger charge is 2.00. The molecule has 0 aliphatic carbocycles. The molecule has 0 spiro atoms. The number of hydrogen-bond acceptors (Lipinski definition) is 3. The smallest absolute Gasteiger partial charge is 0.238 e. The Morgan fingerprint density at radius 1 is 1.38 bits per heavy atom. The van der Waals surface area contributed by atoms with E-state index in [0.717, 1.165) is 5.56 Å². The molecule has 0 aliphatic rings. The molecule has 4 heteroatoms. The third-order valence-electron chi connectivity index (χ3n) is 1.60. The van der Waals surface area contributed by atoms with E-state index in [4.69, 9.17) is 5.84 Å². The summed E-state index contributed by atoms with van der Waals surface area (Å²) in [4.78, 5) is 21.0. The molecule has 4 nitrogen and oxygen atoms in total. The predicted molar refractivity (Wildman–Crippen MR) is 47.3 cm³/mol. The van der Waals surface area contributed by atoms with Crippen molar-refractivity contribution < 1.29 is 9.59 Å². The first kappa shape index (κ1) is 9.41. The van der Waals surface area contributed by atoms with E-state index in [-0.39, 0.29) is 12.3 Å². The van der Waals surface area contributed by atoms with E-state index < -0.39 is 0 Å². The second-order valence-corrected chi connectivity index (χ2v) is 2.54. The fourth-order valence-electron chi connectivity index (χ4n) is 0.927. The number of hydrazine groups is 1. The Morgan fingerprint density at radius 2 is 2.00 bits per heavy atom. The molecule has 0 fully saturated rings. The maximum absolute atomic E-state index is 10.8. The van der Waals surface area contributed by atoms with Crippen molar-refractivity contribution in [3.63, 3.8) is 0 Å². The van der Waals surface area contributed by atoms with Gasteiger partial charge in [-0.1, -0.05) is 24.3 Å². The van der Waals surface area contributed by atoms with Crippen LogP contribution in [0.5, 0.6) is 0 Å². The third kappa shape index (κ3) is 2.68. The Balaban J connectivity index is 2.69.